The molecule has 1 aromatic rings. The average Bonchev–Trinajstić information content (AvgIpc) is 2.90. The van der Waals surface area contributed by atoms with Crippen molar-refractivity contribution in [2.75, 3.05) is 19.8 Å². The Morgan fingerprint density at radius 2 is 2.29 bits per heavy atom. The number of hydrazine groups is 1. The molecule has 0 radical (unpaired) electrons. The molecule has 21 heavy (non-hydrogen) atoms. The van der Waals surface area contributed by atoms with Gasteiger partial charge in [-0.25, -0.2) is 0 Å². The van der Waals surface area contributed by atoms with Gasteiger partial charge in [0, 0.05) is 30.1 Å². The van der Waals surface area contributed by atoms with Gasteiger partial charge in [0.15, 0.2) is 0 Å². The van der Waals surface area contributed by atoms with Crippen LogP contribution in [-0.2, 0) is 9.47 Å². The number of aryl methyl sites for hydroxylation is 1. The maximum Gasteiger partial charge on any atom is 0.0940 e. The number of ether oxygens (including phenoxy) is 2. The highest BCUT2D eigenvalue weighted by molar-refractivity contribution is 9.10. The topological polar surface area (TPSA) is 56.5 Å². The largest absolute Gasteiger partial charge is 0.378 e. The van der Waals surface area contributed by atoms with E-state index in [1.54, 1.807) is 0 Å². The van der Waals surface area contributed by atoms with E-state index in [9.17, 15) is 0 Å². The lowest BCUT2D eigenvalue weighted by molar-refractivity contribution is -0.103. The SMILES string of the molecule is Cc1cc(Br)ccc1C(NN)C1CCOC2(CCOC2)C1. The molecule has 0 amide bonds. The van der Waals surface area contributed by atoms with E-state index in [2.05, 4.69) is 46.5 Å². The van der Waals surface area contributed by atoms with E-state index in [4.69, 9.17) is 15.3 Å². The molecule has 1 aromatic carbocycles. The van der Waals surface area contributed by atoms with Gasteiger partial charge in [0.05, 0.1) is 12.2 Å². The number of benzene rings is 1. The van der Waals surface area contributed by atoms with Crippen LogP contribution in [-0.4, -0.2) is 25.4 Å². The first-order chi connectivity index (χ1) is 10.1. The molecule has 0 bridgehead atoms. The Balaban J connectivity index is 1.82. The quantitative estimate of drug-likeness (QED) is 0.647. The monoisotopic (exact) mass is 354 g/mol. The number of nitrogens with two attached hydrogens (primary N) is 1. The molecule has 2 aliphatic heterocycles. The van der Waals surface area contributed by atoms with E-state index in [0.717, 1.165) is 43.6 Å². The highest BCUT2D eigenvalue weighted by Crippen LogP contribution is 2.41. The highest BCUT2D eigenvalue weighted by Gasteiger charge is 2.43. The van der Waals surface area contributed by atoms with E-state index in [1.807, 2.05) is 0 Å². The summed E-state index contributed by atoms with van der Waals surface area (Å²) >= 11 is 3.52. The maximum absolute atomic E-state index is 6.04. The zero-order chi connectivity index (χ0) is 14.9. The van der Waals surface area contributed by atoms with E-state index >= 15 is 0 Å². The number of halogens is 1. The summed E-state index contributed by atoms with van der Waals surface area (Å²) in [6.07, 6.45) is 3.05. The van der Waals surface area contributed by atoms with Crippen LogP contribution in [0.25, 0.3) is 0 Å². The van der Waals surface area contributed by atoms with Gasteiger partial charge in [0.1, 0.15) is 0 Å². The minimum atomic E-state index is -0.0821. The van der Waals surface area contributed by atoms with E-state index in [0.29, 0.717) is 5.92 Å². The summed E-state index contributed by atoms with van der Waals surface area (Å²) in [5, 5.41) is 0. The van der Waals surface area contributed by atoms with Crippen LogP contribution in [0.15, 0.2) is 22.7 Å². The summed E-state index contributed by atoms with van der Waals surface area (Å²) in [4.78, 5) is 0. The van der Waals surface area contributed by atoms with E-state index < -0.39 is 0 Å². The molecule has 3 atom stereocenters. The number of hydrogen-bond acceptors (Lipinski definition) is 4. The fraction of sp³-hybridized carbons (Fsp3) is 0.625. The molecule has 0 aromatic heterocycles. The van der Waals surface area contributed by atoms with Crippen LogP contribution in [0.5, 0.6) is 0 Å². The predicted octanol–water partition coefficient (Wildman–Crippen LogP) is 2.85. The molecule has 116 valence electrons. The number of rotatable bonds is 3. The van der Waals surface area contributed by atoms with Gasteiger partial charge in [0.25, 0.3) is 0 Å². The van der Waals surface area contributed by atoms with Crippen molar-refractivity contribution in [3.8, 4) is 0 Å². The molecule has 5 heteroatoms. The lowest BCUT2D eigenvalue weighted by atomic mass is 9.78. The molecule has 4 nitrogen and oxygen atoms in total. The molecule has 0 aliphatic carbocycles. The van der Waals surface area contributed by atoms with Crippen molar-refractivity contribution in [2.24, 2.45) is 11.8 Å². The lowest BCUT2D eigenvalue weighted by Gasteiger charge is -2.40. The van der Waals surface area contributed by atoms with Crippen LogP contribution in [0.1, 0.15) is 36.4 Å². The first kappa shape index (κ1) is 15.4. The Hall–Kier alpha value is -0.460. The first-order valence-electron chi connectivity index (χ1n) is 7.57. The van der Waals surface area contributed by atoms with Crippen molar-refractivity contribution >= 4 is 15.9 Å². The van der Waals surface area contributed by atoms with Gasteiger partial charge >= 0.3 is 0 Å². The Bertz CT molecular complexity index is 503. The summed E-state index contributed by atoms with van der Waals surface area (Å²) in [5.74, 6) is 6.37. The van der Waals surface area contributed by atoms with E-state index in [1.165, 1.54) is 11.1 Å². The number of hydrogen-bond donors (Lipinski definition) is 2. The summed E-state index contributed by atoms with van der Waals surface area (Å²) in [7, 11) is 0. The molecule has 1 spiro atoms. The minimum Gasteiger partial charge on any atom is -0.378 e. The maximum atomic E-state index is 6.04. The van der Waals surface area contributed by atoms with Crippen LogP contribution in [0.2, 0.25) is 0 Å². The third kappa shape index (κ3) is 3.17. The van der Waals surface area contributed by atoms with Crippen LogP contribution < -0.4 is 11.3 Å². The Morgan fingerprint density at radius 1 is 1.43 bits per heavy atom. The highest BCUT2D eigenvalue weighted by atomic mass is 79.9. The Labute approximate surface area is 134 Å². The lowest BCUT2D eigenvalue weighted by Crippen LogP contribution is -2.45. The first-order valence-corrected chi connectivity index (χ1v) is 8.37. The van der Waals surface area contributed by atoms with E-state index in [-0.39, 0.29) is 11.6 Å². The third-order valence-corrected chi connectivity index (χ3v) is 5.31. The van der Waals surface area contributed by atoms with Gasteiger partial charge in [-0.2, -0.15) is 0 Å². The summed E-state index contributed by atoms with van der Waals surface area (Å²) in [5.41, 5.74) is 5.50. The molecule has 2 fully saturated rings. The van der Waals surface area contributed by atoms with Gasteiger partial charge in [-0.1, -0.05) is 22.0 Å². The predicted molar refractivity (Wildman–Crippen MR) is 85.8 cm³/mol. The van der Waals surface area contributed by atoms with Gasteiger partial charge in [0.2, 0.25) is 0 Å². The third-order valence-electron chi connectivity index (χ3n) is 4.82. The normalized spacial score (nSPS) is 30.7. The van der Waals surface area contributed by atoms with Crippen molar-refractivity contribution in [2.45, 2.75) is 37.8 Å². The Morgan fingerprint density at radius 3 is 2.95 bits per heavy atom. The molecule has 0 saturated carbocycles. The molecule has 3 unspecified atom stereocenters. The van der Waals surface area contributed by atoms with Crippen LogP contribution in [0.4, 0.5) is 0 Å². The Kier molecular flexibility index (Phi) is 4.66. The second kappa shape index (κ2) is 6.34. The van der Waals surface area contributed by atoms with Crippen molar-refractivity contribution in [3.05, 3.63) is 33.8 Å². The summed E-state index contributed by atoms with van der Waals surface area (Å²) < 4.78 is 12.7. The summed E-state index contributed by atoms with van der Waals surface area (Å²) in [6.45, 7) is 4.46. The molecular weight excluding hydrogens is 332 g/mol. The van der Waals surface area contributed by atoms with Crippen molar-refractivity contribution in [1.29, 1.82) is 0 Å². The molecule has 2 saturated heterocycles. The molecule has 3 rings (SSSR count). The van der Waals surface area contributed by atoms with Gasteiger partial charge in [-0.05, 0) is 48.9 Å². The molecule has 2 aliphatic rings. The second-order valence-electron chi connectivity index (χ2n) is 6.23. The van der Waals surface area contributed by atoms with Gasteiger partial charge in [-0.3, -0.25) is 11.3 Å². The van der Waals surface area contributed by atoms with Crippen LogP contribution in [0.3, 0.4) is 0 Å². The molecular formula is C16H23BrN2O2. The fourth-order valence-electron chi connectivity index (χ4n) is 3.68. The number of nitrogens with one attached hydrogen (secondary N) is 1. The fourth-order valence-corrected chi connectivity index (χ4v) is 4.16. The van der Waals surface area contributed by atoms with Crippen LogP contribution >= 0.6 is 15.9 Å². The minimum absolute atomic E-state index is 0.0821. The van der Waals surface area contributed by atoms with Crippen molar-refractivity contribution in [3.63, 3.8) is 0 Å². The molecule has 3 N–H and O–H groups in total. The second-order valence-corrected chi connectivity index (χ2v) is 7.15. The van der Waals surface area contributed by atoms with Gasteiger partial charge in [-0.15, -0.1) is 0 Å². The average molecular weight is 355 g/mol. The van der Waals surface area contributed by atoms with Crippen molar-refractivity contribution in [1.82, 2.24) is 5.43 Å². The van der Waals surface area contributed by atoms with Gasteiger partial charge < -0.3 is 9.47 Å². The smallest absolute Gasteiger partial charge is 0.0940 e. The molecule has 2 heterocycles. The zero-order valence-electron chi connectivity index (χ0n) is 12.4. The zero-order valence-corrected chi connectivity index (χ0v) is 14.0. The van der Waals surface area contributed by atoms with Crippen LogP contribution in [0, 0.1) is 12.8 Å². The standard InChI is InChI=1S/C16H23BrN2O2/c1-11-8-13(17)2-3-14(11)15(19-18)12-4-6-21-16(9-12)5-7-20-10-16/h2-3,8,12,15,19H,4-7,9-10,18H2,1H3. The van der Waals surface area contributed by atoms with Crippen molar-refractivity contribution < 1.29 is 9.47 Å². The summed E-state index contributed by atoms with van der Waals surface area (Å²) in [6, 6.07) is 6.56.